The van der Waals surface area contributed by atoms with Gasteiger partial charge in [-0.3, -0.25) is 9.59 Å². The Kier molecular flexibility index (Phi) is 45.5. The second-order valence-electron chi connectivity index (χ2n) is 21.6. The van der Waals surface area contributed by atoms with E-state index in [1.165, 1.54) is 191 Å². The molecule has 0 saturated heterocycles. The maximum absolute atomic E-state index is 13.1. The van der Waals surface area contributed by atoms with Crippen molar-refractivity contribution in [3.8, 4) is 0 Å². The van der Waals surface area contributed by atoms with E-state index in [1.54, 1.807) is 0 Å². The molecule has 2 aromatic rings. The van der Waals surface area contributed by atoms with E-state index in [9.17, 15) is 9.59 Å². The summed E-state index contributed by atoms with van der Waals surface area (Å²) in [5.41, 5.74) is 3.68. The van der Waals surface area contributed by atoms with E-state index in [0.29, 0.717) is 57.1 Å². The van der Waals surface area contributed by atoms with E-state index in [2.05, 4.69) is 62.6 Å². The summed E-state index contributed by atoms with van der Waals surface area (Å²) in [6.45, 7) is 16.1. The van der Waals surface area contributed by atoms with Gasteiger partial charge in [0.15, 0.2) is 0 Å². The van der Waals surface area contributed by atoms with E-state index in [0.717, 1.165) is 65.0 Å². The number of nitrogens with one attached hydrogen (secondary N) is 2. The van der Waals surface area contributed by atoms with Gasteiger partial charge in [0.2, 0.25) is 0 Å². The van der Waals surface area contributed by atoms with Gasteiger partial charge in [0, 0.05) is 62.5 Å². The number of ether oxygens (including phenoxy) is 4. The van der Waals surface area contributed by atoms with E-state index in [-0.39, 0.29) is 23.7 Å². The molecule has 0 radical (unpaired) electrons. The summed E-state index contributed by atoms with van der Waals surface area (Å²) < 4.78 is 24.9. The Morgan fingerprint density at radius 2 is 0.562 bits per heavy atom. The van der Waals surface area contributed by atoms with Crippen LogP contribution < -0.4 is 10.6 Å². The molecule has 0 atom stereocenters. The zero-order chi connectivity index (χ0) is 52.3. The van der Waals surface area contributed by atoms with E-state index >= 15 is 0 Å². The van der Waals surface area contributed by atoms with Crippen molar-refractivity contribution in [3.05, 3.63) is 70.8 Å². The third kappa shape index (κ3) is 39.3. The molecule has 0 heterocycles. The number of hydrogen-bond donors (Lipinski definition) is 2. The van der Waals surface area contributed by atoms with Gasteiger partial charge in [-0.2, -0.15) is 0 Å². The molecule has 0 saturated carbocycles. The average molecular weight is 1020 g/mol. The molecule has 2 amide bonds. The molecule has 73 heavy (non-hydrogen) atoms. The predicted octanol–water partition coefficient (Wildman–Crippen LogP) is 17.2. The first kappa shape index (κ1) is 66.3. The monoisotopic (exact) mass is 1020 g/mol. The third-order valence-electron chi connectivity index (χ3n) is 14.4. The number of unbranched alkanes of at least 4 members (excludes halogenated alkanes) is 28. The summed E-state index contributed by atoms with van der Waals surface area (Å²) in [5.74, 6) is 0.369. The lowest BCUT2D eigenvalue weighted by Crippen LogP contribution is -2.30. The van der Waals surface area contributed by atoms with Crippen molar-refractivity contribution in [2.24, 2.45) is 11.8 Å². The molecule has 0 bridgehead atoms. The maximum Gasteiger partial charge on any atom is 0.251 e. The second-order valence-corrected chi connectivity index (χ2v) is 21.6. The first-order valence-electron chi connectivity index (χ1n) is 31.1. The highest BCUT2D eigenvalue weighted by atomic mass is 16.5. The Balaban J connectivity index is 1.76. The van der Waals surface area contributed by atoms with Gasteiger partial charge in [-0.25, -0.2) is 0 Å². The number of amides is 2. The molecule has 2 N–H and O–H groups in total. The van der Waals surface area contributed by atoms with E-state index < -0.39 is 0 Å². The van der Waals surface area contributed by atoms with Crippen molar-refractivity contribution >= 4 is 11.8 Å². The standard InChI is InChI=1S/C65H114N2O6/c1-5-9-13-17-21-25-29-33-48-70-54-60(55-71-49-34-30-26-22-18-14-10-6-2)52-58-38-42-62(43-39-58)64(68)66-46-37-47-67-65(69)63-44-40-59(41-45-63)53-61(56-72-50-35-31-27-23-19-15-11-7-3)57-73-51-36-32-28-24-20-16-12-8-4/h38-45,60-61H,5-37,46-57H2,1-4H3,(H,66,68)(H,67,69). The van der Waals surface area contributed by atoms with Crippen LogP contribution in [-0.2, 0) is 31.8 Å². The first-order valence-corrected chi connectivity index (χ1v) is 31.1. The largest absolute Gasteiger partial charge is 0.381 e. The molecular weight excluding hydrogens is 905 g/mol. The summed E-state index contributed by atoms with van der Waals surface area (Å²) >= 11 is 0. The molecule has 0 aliphatic heterocycles. The van der Waals surface area contributed by atoms with Gasteiger partial charge in [-0.15, -0.1) is 0 Å². The lowest BCUT2D eigenvalue weighted by Gasteiger charge is -2.18. The molecule has 0 aromatic heterocycles. The Morgan fingerprint density at radius 3 is 0.808 bits per heavy atom. The molecule has 0 spiro atoms. The second kappa shape index (κ2) is 50.1. The SMILES string of the molecule is CCCCCCCCCCOCC(COCCCCCCCCCC)Cc1ccc(C(=O)NCCCNC(=O)c2ccc(CC(COCCCCCCCCCC)COCCCCCCCCCC)cc2)cc1. The van der Waals surface area contributed by atoms with Gasteiger partial charge in [-0.05, 0) is 80.3 Å². The quantitative estimate of drug-likeness (QED) is 0.0641. The van der Waals surface area contributed by atoms with Crippen LogP contribution in [-0.4, -0.2) is 77.8 Å². The highest BCUT2D eigenvalue weighted by Crippen LogP contribution is 2.17. The minimum Gasteiger partial charge on any atom is -0.381 e. The molecule has 420 valence electrons. The number of benzene rings is 2. The molecule has 2 rings (SSSR count). The Bertz CT molecular complexity index is 1340. The van der Waals surface area contributed by atoms with Gasteiger partial charge in [0.05, 0.1) is 26.4 Å². The van der Waals surface area contributed by atoms with Crippen LogP contribution in [0.1, 0.15) is 271 Å². The van der Waals surface area contributed by atoms with Gasteiger partial charge < -0.3 is 29.6 Å². The van der Waals surface area contributed by atoms with Crippen LogP contribution in [0.5, 0.6) is 0 Å². The molecule has 0 aliphatic rings. The fourth-order valence-corrected chi connectivity index (χ4v) is 9.63. The molecule has 2 aromatic carbocycles. The fraction of sp³-hybridized carbons (Fsp3) is 0.785. The smallest absolute Gasteiger partial charge is 0.251 e. The van der Waals surface area contributed by atoms with Crippen molar-refractivity contribution in [3.63, 3.8) is 0 Å². The maximum atomic E-state index is 13.1. The van der Waals surface area contributed by atoms with Crippen molar-refractivity contribution in [1.29, 1.82) is 0 Å². The molecule has 0 unspecified atom stereocenters. The summed E-state index contributed by atoms with van der Waals surface area (Å²) in [6.07, 6.45) is 43.9. The highest BCUT2D eigenvalue weighted by Gasteiger charge is 2.15. The average Bonchev–Trinajstić information content (AvgIpc) is 3.40. The Morgan fingerprint density at radius 1 is 0.329 bits per heavy atom. The Hall–Kier alpha value is -2.78. The molecule has 8 nitrogen and oxygen atoms in total. The van der Waals surface area contributed by atoms with Crippen LogP contribution in [0.2, 0.25) is 0 Å². The number of carbonyl (C=O) groups is 2. The van der Waals surface area contributed by atoms with Gasteiger partial charge in [0.25, 0.3) is 11.8 Å². The molecule has 0 fully saturated rings. The van der Waals surface area contributed by atoms with Crippen molar-refractivity contribution < 1.29 is 28.5 Å². The van der Waals surface area contributed by atoms with Crippen LogP contribution in [0.15, 0.2) is 48.5 Å². The zero-order valence-corrected chi connectivity index (χ0v) is 48.0. The summed E-state index contributed by atoms with van der Waals surface area (Å²) in [5, 5.41) is 6.08. The number of hydrogen-bond acceptors (Lipinski definition) is 6. The van der Waals surface area contributed by atoms with Gasteiger partial charge in [0.1, 0.15) is 0 Å². The van der Waals surface area contributed by atoms with Gasteiger partial charge in [-0.1, -0.05) is 232 Å². The summed E-state index contributed by atoms with van der Waals surface area (Å²) in [4.78, 5) is 26.2. The van der Waals surface area contributed by atoms with Crippen LogP contribution in [0.4, 0.5) is 0 Å². The van der Waals surface area contributed by atoms with Crippen LogP contribution in [0, 0.1) is 11.8 Å². The lowest BCUT2D eigenvalue weighted by atomic mass is 9.99. The number of rotatable bonds is 54. The van der Waals surface area contributed by atoms with Crippen LogP contribution in [0.3, 0.4) is 0 Å². The van der Waals surface area contributed by atoms with Crippen LogP contribution >= 0.6 is 0 Å². The summed E-state index contributed by atoms with van der Waals surface area (Å²) in [7, 11) is 0. The Labute approximate surface area is 450 Å². The summed E-state index contributed by atoms with van der Waals surface area (Å²) in [6, 6.07) is 16.0. The highest BCUT2D eigenvalue weighted by molar-refractivity contribution is 5.94. The molecular formula is C65H114N2O6. The predicted molar refractivity (Wildman–Crippen MR) is 310 cm³/mol. The third-order valence-corrected chi connectivity index (χ3v) is 14.4. The zero-order valence-electron chi connectivity index (χ0n) is 48.0. The van der Waals surface area contributed by atoms with Gasteiger partial charge >= 0.3 is 0 Å². The fourth-order valence-electron chi connectivity index (χ4n) is 9.63. The minimum absolute atomic E-state index is 0.0946. The van der Waals surface area contributed by atoms with Crippen molar-refractivity contribution in [1.82, 2.24) is 10.6 Å². The minimum atomic E-state index is -0.0946. The number of carbonyl (C=O) groups excluding carboxylic acids is 2. The van der Waals surface area contributed by atoms with Crippen molar-refractivity contribution in [2.75, 3.05) is 65.9 Å². The topological polar surface area (TPSA) is 95.1 Å². The van der Waals surface area contributed by atoms with Crippen LogP contribution in [0.25, 0.3) is 0 Å². The molecule has 8 heteroatoms. The van der Waals surface area contributed by atoms with E-state index in [1.807, 2.05) is 24.3 Å². The first-order chi connectivity index (χ1) is 36.0. The normalized spacial score (nSPS) is 11.6. The van der Waals surface area contributed by atoms with E-state index in [4.69, 9.17) is 18.9 Å². The molecule has 0 aliphatic carbocycles. The van der Waals surface area contributed by atoms with Crippen molar-refractivity contribution in [2.45, 2.75) is 252 Å². The lowest BCUT2D eigenvalue weighted by molar-refractivity contribution is 0.0367.